The maximum atomic E-state index is 4.36. The molecule has 0 saturated heterocycles. The number of aryl methyl sites for hydroxylation is 1. The molecule has 6 rings (SSSR count). The van der Waals surface area contributed by atoms with Crippen LogP contribution in [0, 0.1) is 18.9 Å². The molecular formula is C31H29NS. The molecule has 1 aliphatic carbocycles. The first-order valence-electron chi connectivity index (χ1n) is 12.1. The summed E-state index contributed by atoms with van der Waals surface area (Å²) in [5.41, 5.74) is 6.68. The van der Waals surface area contributed by atoms with Crippen LogP contribution in [0.25, 0.3) is 31.3 Å². The fraction of sp³-hybridized carbons (Fsp3) is 0.226. The maximum absolute atomic E-state index is 4.36. The minimum atomic E-state index is 0.689. The van der Waals surface area contributed by atoms with E-state index in [0.717, 1.165) is 0 Å². The van der Waals surface area contributed by atoms with Gasteiger partial charge in [-0.3, -0.25) is 4.58 Å². The van der Waals surface area contributed by atoms with E-state index in [0.29, 0.717) is 5.92 Å². The van der Waals surface area contributed by atoms with Crippen LogP contribution in [0.5, 0.6) is 0 Å². The van der Waals surface area contributed by atoms with Crippen LogP contribution in [0.15, 0.2) is 84.6 Å². The van der Waals surface area contributed by atoms with Gasteiger partial charge in [0.15, 0.2) is 15.4 Å². The Hall–Kier alpha value is -3.10. The molecule has 1 aliphatic heterocycles. The standard InChI is InChI=1S/C31H29NS/c1-21-13-15-27-26-16-14-24(22-9-5-3-6-10-22)20-29(26)33-31(27)30(21)28-19-25(17-18-32(28)2)23-11-7-4-8-12-23/h3,5-6,9-10,13-20,23H,2,4,7-8,11-12H2,1H3. The van der Waals surface area contributed by atoms with Gasteiger partial charge in [0.1, 0.15) is 17.5 Å². The SMILES string of the molecule is C=[N+]1C=CC(C2CCCCC2)=C[C-]1c1c(C)ccc2c1[s+][c-]1cc(-c3ccccc3)ccc21. The van der Waals surface area contributed by atoms with E-state index < -0.39 is 0 Å². The first-order valence-corrected chi connectivity index (χ1v) is 12.9. The Morgan fingerprint density at radius 2 is 1.76 bits per heavy atom. The number of hydrogen-bond donors (Lipinski definition) is 0. The van der Waals surface area contributed by atoms with Gasteiger partial charge in [0, 0.05) is 5.56 Å². The Bertz CT molecular complexity index is 1410. The van der Waals surface area contributed by atoms with Crippen molar-refractivity contribution in [3.63, 3.8) is 0 Å². The Morgan fingerprint density at radius 3 is 2.58 bits per heavy atom. The third-order valence-electron chi connectivity index (χ3n) is 7.35. The summed E-state index contributed by atoms with van der Waals surface area (Å²) < 4.78 is 4.78. The molecule has 2 aliphatic rings. The molecule has 0 radical (unpaired) electrons. The summed E-state index contributed by atoms with van der Waals surface area (Å²) in [6.45, 7) is 6.60. The van der Waals surface area contributed by atoms with Gasteiger partial charge in [-0.1, -0.05) is 121 Å². The van der Waals surface area contributed by atoms with Gasteiger partial charge in [-0.05, 0) is 17.4 Å². The molecule has 0 spiro atoms. The monoisotopic (exact) mass is 447 g/mol. The van der Waals surface area contributed by atoms with E-state index in [2.05, 4.69) is 97.2 Å². The molecule has 1 saturated carbocycles. The van der Waals surface area contributed by atoms with E-state index in [9.17, 15) is 0 Å². The highest BCUT2D eigenvalue weighted by molar-refractivity contribution is 7.26. The van der Waals surface area contributed by atoms with Gasteiger partial charge < -0.3 is 0 Å². The molecule has 0 bridgehead atoms. The highest BCUT2D eigenvalue weighted by atomic mass is 32.1. The summed E-state index contributed by atoms with van der Waals surface area (Å²) in [5.74, 6) is 0.689. The third-order valence-corrected chi connectivity index (χ3v) is 8.54. The van der Waals surface area contributed by atoms with E-state index in [-0.39, 0.29) is 0 Å². The third kappa shape index (κ3) is 3.63. The summed E-state index contributed by atoms with van der Waals surface area (Å²) in [4.78, 5) is 0. The van der Waals surface area contributed by atoms with Crippen LogP contribution in [0.2, 0.25) is 0 Å². The number of thiophene rings is 1. The zero-order chi connectivity index (χ0) is 22.4. The lowest BCUT2D eigenvalue weighted by atomic mass is 9.81. The van der Waals surface area contributed by atoms with Crippen molar-refractivity contribution in [2.24, 2.45) is 5.92 Å². The van der Waals surface area contributed by atoms with Gasteiger partial charge in [0.05, 0.1) is 6.72 Å². The predicted octanol–water partition coefficient (Wildman–Crippen LogP) is 8.66. The Balaban J connectivity index is 1.49. The molecule has 3 aromatic carbocycles. The highest BCUT2D eigenvalue weighted by Gasteiger charge is 2.27. The summed E-state index contributed by atoms with van der Waals surface area (Å²) in [5, 5.41) is 2.69. The van der Waals surface area contributed by atoms with Crippen molar-refractivity contribution in [1.82, 2.24) is 0 Å². The Labute approximate surface area is 200 Å². The molecule has 1 nitrogen and oxygen atoms in total. The molecule has 164 valence electrons. The largest absolute Gasteiger partial charge is 0.255 e. The Kier molecular flexibility index (Phi) is 5.19. The zero-order valence-electron chi connectivity index (χ0n) is 19.2. The van der Waals surface area contributed by atoms with Gasteiger partial charge in [-0.2, -0.15) is 0 Å². The number of allylic oxidation sites excluding steroid dienone is 2. The molecule has 2 heterocycles. The first kappa shape index (κ1) is 20.5. The lowest BCUT2D eigenvalue weighted by Crippen LogP contribution is -2.19. The van der Waals surface area contributed by atoms with Gasteiger partial charge in [-0.15, -0.1) is 12.1 Å². The summed E-state index contributed by atoms with van der Waals surface area (Å²) >= 11 is 1.92. The van der Waals surface area contributed by atoms with Crippen LogP contribution in [0.3, 0.4) is 0 Å². The van der Waals surface area contributed by atoms with Crippen LogP contribution in [0.4, 0.5) is 0 Å². The maximum Gasteiger partial charge on any atom is 0.159 e. The fourth-order valence-corrected chi connectivity index (χ4v) is 6.87. The van der Waals surface area contributed by atoms with Crippen LogP contribution < -0.4 is 0 Å². The zero-order valence-corrected chi connectivity index (χ0v) is 20.0. The molecule has 0 N–H and O–H groups in total. The van der Waals surface area contributed by atoms with Crippen LogP contribution in [-0.2, 0) is 0 Å². The lowest BCUT2D eigenvalue weighted by Gasteiger charge is -2.28. The van der Waals surface area contributed by atoms with Crippen molar-refractivity contribution in [3.8, 4) is 11.1 Å². The summed E-state index contributed by atoms with van der Waals surface area (Å²) in [7, 11) is 0. The van der Waals surface area contributed by atoms with Crippen LogP contribution in [-0.4, -0.2) is 11.3 Å². The van der Waals surface area contributed by atoms with Crippen LogP contribution >= 0.6 is 11.3 Å². The van der Waals surface area contributed by atoms with Gasteiger partial charge in [0.25, 0.3) is 0 Å². The minimum absolute atomic E-state index is 0.689. The molecule has 0 amide bonds. The average molecular weight is 448 g/mol. The highest BCUT2D eigenvalue weighted by Crippen LogP contribution is 2.43. The molecule has 1 fully saturated rings. The predicted molar refractivity (Wildman–Crippen MR) is 143 cm³/mol. The van der Waals surface area contributed by atoms with Crippen molar-refractivity contribution in [3.05, 3.63) is 102 Å². The molecule has 2 heteroatoms. The van der Waals surface area contributed by atoms with Crippen molar-refractivity contribution in [2.45, 2.75) is 39.0 Å². The second-order valence-corrected chi connectivity index (χ2v) is 10.5. The van der Waals surface area contributed by atoms with Crippen molar-refractivity contribution < 1.29 is 4.58 Å². The van der Waals surface area contributed by atoms with E-state index >= 15 is 0 Å². The van der Waals surface area contributed by atoms with Gasteiger partial charge >= 0.3 is 0 Å². The second-order valence-electron chi connectivity index (χ2n) is 9.46. The molecule has 4 aromatic rings. The first-order chi connectivity index (χ1) is 16.2. The van der Waals surface area contributed by atoms with Gasteiger partial charge in [0.2, 0.25) is 0 Å². The number of rotatable bonds is 3. The number of benzene rings is 3. The minimum Gasteiger partial charge on any atom is -0.255 e. The van der Waals surface area contributed by atoms with E-state index in [1.807, 2.05) is 11.3 Å². The number of nitrogens with zero attached hydrogens (tertiary/aromatic N) is 1. The number of fused-ring (bicyclic) bond motifs is 3. The quantitative estimate of drug-likeness (QED) is 0.168. The normalized spacial score (nSPS) is 17.2. The topological polar surface area (TPSA) is 3.01 Å². The van der Waals surface area contributed by atoms with Crippen LogP contribution in [0.1, 0.15) is 43.2 Å². The fourth-order valence-electron chi connectivity index (χ4n) is 5.52. The molecule has 0 unspecified atom stereocenters. The van der Waals surface area contributed by atoms with Crippen molar-refractivity contribution in [2.75, 3.05) is 0 Å². The molecule has 33 heavy (non-hydrogen) atoms. The van der Waals surface area contributed by atoms with E-state index in [1.54, 1.807) is 0 Å². The molecule has 1 aromatic heterocycles. The van der Waals surface area contributed by atoms with Gasteiger partial charge in [-0.25, -0.2) is 0 Å². The second kappa shape index (κ2) is 8.35. The number of hydrogen-bond acceptors (Lipinski definition) is 0. The lowest BCUT2D eigenvalue weighted by molar-refractivity contribution is -0.418. The molecule has 0 atom stereocenters. The average Bonchev–Trinajstić information content (AvgIpc) is 3.23. The smallest absolute Gasteiger partial charge is 0.159 e. The van der Waals surface area contributed by atoms with Crippen molar-refractivity contribution >= 4 is 38.2 Å². The summed E-state index contributed by atoms with van der Waals surface area (Å²) in [6, 6.07) is 23.4. The molecular weight excluding hydrogens is 418 g/mol. The summed E-state index contributed by atoms with van der Waals surface area (Å²) in [6.07, 6.45) is 13.6. The van der Waals surface area contributed by atoms with E-state index in [4.69, 9.17) is 0 Å². The Morgan fingerprint density at radius 1 is 0.939 bits per heavy atom. The van der Waals surface area contributed by atoms with E-state index in [1.165, 1.54) is 86.1 Å². The van der Waals surface area contributed by atoms with Crippen molar-refractivity contribution in [1.29, 1.82) is 0 Å².